The predicted octanol–water partition coefficient (Wildman–Crippen LogP) is 2.76. The van der Waals surface area contributed by atoms with Crippen molar-refractivity contribution in [2.45, 2.75) is 12.5 Å². The Hall–Kier alpha value is -2.40. The summed E-state index contributed by atoms with van der Waals surface area (Å²) in [6, 6.07) is 18.7. The van der Waals surface area contributed by atoms with Gasteiger partial charge in [-0.05, 0) is 29.9 Å². The van der Waals surface area contributed by atoms with Crippen LogP contribution in [0.2, 0.25) is 0 Å². The molecule has 2 rings (SSSR count). The molecular weight excluding hydrogens is 296 g/mol. The average molecular weight is 314 g/mol. The molecule has 22 heavy (non-hydrogen) atoms. The normalized spacial score (nSPS) is 11.3. The van der Waals surface area contributed by atoms with Gasteiger partial charge < -0.3 is 15.4 Å². The molecule has 0 amide bonds. The number of benzene rings is 2. The Morgan fingerprint density at radius 1 is 1.09 bits per heavy atom. The minimum absolute atomic E-state index is 0.346. The molecule has 2 aromatic rings. The molecule has 2 aromatic carbocycles. The minimum atomic E-state index is -0.531. The number of hydrogen-bond donors (Lipinski definition) is 2. The van der Waals surface area contributed by atoms with Crippen molar-refractivity contribution in [3.63, 3.8) is 0 Å². The van der Waals surface area contributed by atoms with Crippen molar-refractivity contribution in [1.29, 1.82) is 0 Å². The lowest BCUT2D eigenvalue weighted by Crippen LogP contribution is -2.44. The Morgan fingerprint density at radius 3 is 2.27 bits per heavy atom. The number of carbonyl (C=O) groups is 1. The predicted molar refractivity (Wildman–Crippen MR) is 91.7 cm³/mol. The number of anilines is 1. The van der Waals surface area contributed by atoms with E-state index >= 15 is 0 Å². The maximum absolute atomic E-state index is 11.9. The maximum Gasteiger partial charge on any atom is 0.328 e. The molecule has 1 atom stereocenters. The molecule has 0 spiro atoms. The van der Waals surface area contributed by atoms with Gasteiger partial charge in [0.15, 0.2) is 5.11 Å². The summed E-state index contributed by atoms with van der Waals surface area (Å²) in [6.07, 6.45) is 0.504. The van der Waals surface area contributed by atoms with Gasteiger partial charge in [-0.1, -0.05) is 48.5 Å². The molecule has 0 aromatic heterocycles. The number of para-hydroxylation sites is 1. The molecule has 0 aliphatic rings. The second kappa shape index (κ2) is 8.14. The van der Waals surface area contributed by atoms with Crippen LogP contribution in [0.5, 0.6) is 0 Å². The zero-order valence-corrected chi connectivity index (χ0v) is 13.1. The highest BCUT2D eigenvalue weighted by atomic mass is 32.1. The van der Waals surface area contributed by atoms with Crippen LogP contribution in [0.3, 0.4) is 0 Å². The Morgan fingerprint density at radius 2 is 1.68 bits per heavy atom. The topological polar surface area (TPSA) is 50.4 Å². The van der Waals surface area contributed by atoms with E-state index in [1.807, 2.05) is 60.7 Å². The largest absolute Gasteiger partial charge is 0.467 e. The van der Waals surface area contributed by atoms with E-state index in [2.05, 4.69) is 10.6 Å². The van der Waals surface area contributed by atoms with Crippen LogP contribution < -0.4 is 10.6 Å². The van der Waals surface area contributed by atoms with Crippen LogP contribution in [0.25, 0.3) is 0 Å². The molecule has 4 nitrogen and oxygen atoms in total. The van der Waals surface area contributed by atoms with Crippen molar-refractivity contribution in [3.8, 4) is 0 Å². The molecule has 0 bridgehead atoms. The van der Waals surface area contributed by atoms with Crippen molar-refractivity contribution in [3.05, 3.63) is 66.2 Å². The smallest absolute Gasteiger partial charge is 0.328 e. The SMILES string of the molecule is COC(=O)[C@H](Cc1ccccc1)NC(=S)Nc1ccccc1. The van der Waals surface area contributed by atoms with E-state index in [9.17, 15) is 4.79 Å². The second-order valence-electron chi connectivity index (χ2n) is 4.73. The van der Waals surface area contributed by atoms with Crippen LogP contribution >= 0.6 is 12.2 Å². The molecule has 0 radical (unpaired) electrons. The molecule has 2 N–H and O–H groups in total. The fourth-order valence-corrected chi connectivity index (χ4v) is 2.29. The van der Waals surface area contributed by atoms with Gasteiger partial charge in [0.2, 0.25) is 0 Å². The van der Waals surface area contributed by atoms with Gasteiger partial charge in [0.1, 0.15) is 6.04 Å². The number of methoxy groups -OCH3 is 1. The zero-order valence-electron chi connectivity index (χ0n) is 12.3. The van der Waals surface area contributed by atoms with E-state index in [-0.39, 0.29) is 5.97 Å². The monoisotopic (exact) mass is 314 g/mol. The summed E-state index contributed by atoms with van der Waals surface area (Å²) in [4.78, 5) is 11.9. The standard InChI is InChI=1S/C17H18N2O2S/c1-21-16(20)15(12-13-8-4-2-5-9-13)19-17(22)18-14-10-6-3-7-11-14/h2-11,15H,12H2,1H3,(H2,18,19,22)/t15-/m0/s1. The van der Waals surface area contributed by atoms with Crippen LogP contribution in [0.1, 0.15) is 5.56 Å². The summed E-state index contributed by atoms with van der Waals surface area (Å²) in [5.74, 6) is -0.346. The number of ether oxygens (including phenoxy) is 1. The first-order chi connectivity index (χ1) is 10.7. The van der Waals surface area contributed by atoms with Crippen molar-refractivity contribution in [1.82, 2.24) is 5.32 Å². The first-order valence-corrected chi connectivity index (χ1v) is 7.34. The molecular formula is C17H18N2O2S. The fraction of sp³-hybridized carbons (Fsp3) is 0.176. The first-order valence-electron chi connectivity index (χ1n) is 6.93. The summed E-state index contributed by atoms with van der Waals surface area (Å²) in [5, 5.41) is 6.45. The Bertz CT molecular complexity index is 617. The number of esters is 1. The molecule has 0 saturated carbocycles. The first kappa shape index (κ1) is 16.0. The van der Waals surface area contributed by atoms with Gasteiger partial charge in [0.25, 0.3) is 0 Å². The summed E-state index contributed by atoms with van der Waals surface area (Å²) < 4.78 is 4.85. The van der Waals surface area contributed by atoms with Gasteiger partial charge in [-0.3, -0.25) is 0 Å². The number of rotatable bonds is 5. The van der Waals surface area contributed by atoms with Crippen molar-refractivity contribution < 1.29 is 9.53 Å². The van der Waals surface area contributed by atoms with Crippen LogP contribution in [0.4, 0.5) is 5.69 Å². The molecule has 0 aliphatic carbocycles. The zero-order chi connectivity index (χ0) is 15.8. The lowest BCUT2D eigenvalue weighted by Gasteiger charge is -2.19. The highest BCUT2D eigenvalue weighted by Crippen LogP contribution is 2.07. The lowest BCUT2D eigenvalue weighted by atomic mass is 10.1. The number of nitrogens with one attached hydrogen (secondary N) is 2. The molecule has 0 fully saturated rings. The molecule has 0 saturated heterocycles. The van der Waals surface area contributed by atoms with E-state index in [4.69, 9.17) is 17.0 Å². The Kier molecular flexibility index (Phi) is 5.91. The van der Waals surface area contributed by atoms with Gasteiger partial charge in [-0.25, -0.2) is 4.79 Å². The van der Waals surface area contributed by atoms with E-state index in [0.29, 0.717) is 11.5 Å². The highest BCUT2D eigenvalue weighted by molar-refractivity contribution is 7.80. The molecule has 0 heterocycles. The molecule has 0 aliphatic heterocycles. The third-order valence-electron chi connectivity index (χ3n) is 3.11. The van der Waals surface area contributed by atoms with Gasteiger partial charge in [-0.2, -0.15) is 0 Å². The van der Waals surface area contributed by atoms with Crippen LogP contribution in [-0.4, -0.2) is 24.2 Å². The Balaban J connectivity index is 2.00. The Labute approximate surface area is 135 Å². The van der Waals surface area contributed by atoms with Gasteiger partial charge >= 0.3 is 5.97 Å². The molecule has 114 valence electrons. The van der Waals surface area contributed by atoms with Crippen LogP contribution in [0.15, 0.2) is 60.7 Å². The van der Waals surface area contributed by atoms with Gasteiger partial charge in [0, 0.05) is 12.1 Å². The van der Waals surface area contributed by atoms with E-state index < -0.39 is 6.04 Å². The second-order valence-corrected chi connectivity index (χ2v) is 5.14. The molecule has 0 unspecified atom stereocenters. The number of carbonyl (C=O) groups excluding carboxylic acids is 1. The third-order valence-corrected chi connectivity index (χ3v) is 3.33. The minimum Gasteiger partial charge on any atom is -0.467 e. The van der Waals surface area contributed by atoms with Crippen molar-refractivity contribution in [2.24, 2.45) is 0 Å². The highest BCUT2D eigenvalue weighted by Gasteiger charge is 2.20. The van der Waals surface area contributed by atoms with E-state index in [1.165, 1.54) is 7.11 Å². The quantitative estimate of drug-likeness (QED) is 0.656. The maximum atomic E-state index is 11.9. The summed E-state index contributed by atoms with van der Waals surface area (Å²) >= 11 is 5.27. The van der Waals surface area contributed by atoms with Crippen LogP contribution in [0, 0.1) is 0 Å². The van der Waals surface area contributed by atoms with Crippen LogP contribution in [-0.2, 0) is 16.0 Å². The third kappa shape index (κ3) is 4.86. The summed E-state index contributed by atoms with van der Waals surface area (Å²) in [5.41, 5.74) is 1.90. The van der Waals surface area contributed by atoms with Crippen molar-refractivity contribution >= 4 is 29.0 Å². The fourth-order valence-electron chi connectivity index (χ4n) is 2.03. The number of hydrogen-bond acceptors (Lipinski definition) is 3. The lowest BCUT2D eigenvalue weighted by molar-refractivity contribution is -0.142. The van der Waals surface area contributed by atoms with Gasteiger partial charge in [0.05, 0.1) is 7.11 Å². The number of thiocarbonyl (C=S) groups is 1. The van der Waals surface area contributed by atoms with Gasteiger partial charge in [-0.15, -0.1) is 0 Å². The van der Waals surface area contributed by atoms with E-state index in [0.717, 1.165) is 11.3 Å². The average Bonchev–Trinajstić information content (AvgIpc) is 2.55. The summed E-state index contributed by atoms with van der Waals surface area (Å²) in [7, 11) is 1.37. The summed E-state index contributed by atoms with van der Waals surface area (Å²) in [6.45, 7) is 0. The van der Waals surface area contributed by atoms with Crippen molar-refractivity contribution in [2.75, 3.05) is 12.4 Å². The van der Waals surface area contributed by atoms with E-state index in [1.54, 1.807) is 0 Å². The molecule has 5 heteroatoms.